The van der Waals surface area contributed by atoms with Crippen LogP contribution in [0.5, 0.6) is 0 Å². The van der Waals surface area contributed by atoms with E-state index in [0.717, 1.165) is 6.42 Å². The van der Waals surface area contributed by atoms with E-state index >= 15 is 0 Å². The highest BCUT2D eigenvalue weighted by Gasteiger charge is 2.13. The van der Waals surface area contributed by atoms with Crippen LogP contribution in [0.3, 0.4) is 0 Å². The lowest BCUT2D eigenvalue weighted by atomic mass is 9.95. The first-order chi connectivity index (χ1) is 7.56. The molecule has 0 N–H and O–H groups in total. The Bertz CT molecular complexity index is 318. The summed E-state index contributed by atoms with van der Waals surface area (Å²) in [5.74, 6) is 0. The normalized spacial score (nSPS) is 12.8. The molecular formula is C15H23Cl. The van der Waals surface area contributed by atoms with Crippen LogP contribution in [0.1, 0.15) is 60.2 Å². The minimum absolute atomic E-state index is 0.187. The zero-order chi connectivity index (χ0) is 12.1. The van der Waals surface area contributed by atoms with Crippen LogP contribution in [-0.2, 0) is 0 Å². The highest BCUT2D eigenvalue weighted by Crippen LogP contribution is 2.32. The Kier molecular flexibility index (Phi) is 5.34. The second-order valence-electron chi connectivity index (χ2n) is 4.78. The minimum atomic E-state index is 0.187. The van der Waals surface area contributed by atoms with Gasteiger partial charge in [0.25, 0.3) is 0 Å². The van der Waals surface area contributed by atoms with Crippen molar-refractivity contribution in [1.29, 1.82) is 0 Å². The molecule has 0 fully saturated rings. The van der Waals surface area contributed by atoms with Crippen molar-refractivity contribution in [3.63, 3.8) is 0 Å². The van der Waals surface area contributed by atoms with Gasteiger partial charge in [-0.3, -0.25) is 0 Å². The van der Waals surface area contributed by atoms with Gasteiger partial charge in [-0.15, -0.1) is 11.6 Å². The molecule has 0 nitrogen and oxygen atoms in total. The van der Waals surface area contributed by atoms with Crippen molar-refractivity contribution in [2.45, 2.75) is 58.8 Å². The maximum absolute atomic E-state index is 6.50. The van der Waals surface area contributed by atoms with Gasteiger partial charge in [0, 0.05) is 0 Å². The summed E-state index contributed by atoms with van der Waals surface area (Å²) in [6.07, 6.45) is 4.88. The van der Waals surface area contributed by atoms with Crippen LogP contribution in [0, 0.1) is 20.8 Å². The zero-order valence-corrected chi connectivity index (χ0v) is 11.7. The van der Waals surface area contributed by atoms with Crippen molar-refractivity contribution in [1.82, 2.24) is 0 Å². The van der Waals surface area contributed by atoms with Crippen LogP contribution in [0.15, 0.2) is 12.1 Å². The molecule has 1 rings (SSSR count). The number of aryl methyl sites for hydroxylation is 3. The number of hydrogen-bond acceptors (Lipinski definition) is 0. The Morgan fingerprint density at radius 3 is 2.12 bits per heavy atom. The molecule has 0 aliphatic rings. The summed E-state index contributed by atoms with van der Waals surface area (Å²) in [4.78, 5) is 0. The summed E-state index contributed by atoms with van der Waals surface area (Å²) in [5, 5.41) is 0.187. The molecule has 0 saturated carbocycles. The Labute approximate surface area is 105 Å². The van der Waals surface area contributed by atoms with Crippen molar-refractivity contribution in [2.75, 3.05) is 0 Å². The van der Waals surface area contributed by atoms with Gasteiger partial charge in [-0.25, -0.2) is 0 Å². The topological polar surface area (TPSA) is 0 Å². The first kappa shape index (κ1) is 13.6. The van der Waals surface area contributed by atoms with Crippen LogP contribution in [-0.4, -0.2) is 0 Å². The van der Waals surface area contributed by atoms with E-state index in [9.17, 15) is 0 Å². The second-order valence-corrected chi connectivity index (χ2v) is 5.30. The number of alkyl halides is 1. The van der Waals surface area contributed by atoms with Gasteiger partial charge in [0.05, 0.1) is 5.38 Å². The summed E-state index contributed by atoms with van der Waals surface area (Å²) >= 11 is 6.50. The number of benzene rings is 1. The van der Waals surface area contributed by atoms with Crippen LogP contribution in [0.25, 0.3) is 0 Å². The van der Waals surface area contributed by atoms with Gasteiger partial charge in [-0.05, 0) is 43.9 Å². The SMILES string of the molecule is CCCCCC(Cl)c1c(C)cc(C)cc1C. The molecule has 0 aliphatic heterocycles. The monoisotopic (exact) mass is 238 g/mol. The van der Waals surface area contributed by atoms with E-state index in [-0.39, 0.29) is 5.38 Å². The molecule has 0 aliphatic carbocycles. The van der Waals surface area contributed by atoms with Crippen LogP contribution in [0.2, 0.25) is 0 Å². The van der Waals surface area contributed by atoms with Gasteiger partial charge < -0.3 is 0 Å². The number of rotatable bonds is 5. The molecule has 0 radical (unpaired) electrons. The molecule has 16 heavy (non-hydrogen) atoms. The molecule has 0 heterocycles. The third-order valence-electron chi connectivity index (χ3n) is 3.11. The molecular weight excluding hydrogens is 216 g/mol. The van der Waals surface area contributed by atoms with Crippen molar-refractivity contribution < 1.29 is 0 Å². The van der Waals surface area contributed by atoms with Gasteiger partial charge in [-0.1, -0.05) is 43.9 Å². The molecule has 1 aromatic rings. The lowest BCUT2D eigenvalue weighted by molar-refractivity contribution is 0.652. The summed E-state index contributed by atoms with van der Waals surface area (Å²) in [7, 11) is 0. The van der Waals surface area contributed by atoms with Gasteiger partial charge in [0.2, 0.25) is 0 Å². The predicted octanol–water partition coefficient (Wildman–Crippen LogP) is 5.47. The summed E-state index contributed by atoms with van der Waals surface area (Å²) < 4.78 is 0. The van der Waals surface area contributed by atoms with Crippen LogP contribution < -0.4 is 0 Å². The highest BCUT2D eigenvalue weighted by atomic mass is 35.5. The van der Waals surface area contributed by atoms with Crippen molar-refractivity contribution in [3.05, 3.63) is 34.4 Å². The fourth-order valence-electron chi connectivity index (χ4n) is 2.40. The Morgan fingerprint density at radius 2 is 1.62 bits per heavy atom. The average Bonchev–Trinajstić information content (AvgIpc) is 2.16. The van der Waals surface area contributed by atoms with E-state index in [1.807, 2.05) is 0 Å². The van der Waals surface area contributed by atoms with Gasteiger partial charge in [-0.2, -0.15) is 0 Å². The van der Waals surface area contributed by atoms with Crippen molar-refractivity contribution >= 4 is 11.6 Å². The van der Waals surface area contributed by atoms with Crippen LogP contribution >= 0.6 is 11.6 Å². The van der Waals surface area contributed by atoms with E-state index in [0.29, 0.717) is 0 Å². The molecule has 1 aromatic carbocycles. The van der Waals surface area contributed by atoms with Crippen LogP contribution in [0.4, 0.5) is 0 Å². The summed E-state index contributed by atoms with van der Waals surface area (Å²) in [6.45, 7) is 8.71. The van der Waals surface area contributed by atoms with Crippen molar-refractivity contribution in [3.8, 4) is 0 Å². The number of hydrogen-bond donors (Lipinski definition) is 0. The maximum atomic E-state index is 6.50. The largest absolute Gasteiger partial charge is 0.118 e. The molecule has 0 amide bonds. The Balaban J connectivity index is 2.78. The predicted molar refractivity (Wildman–Crippen MR) is 73.4 cm³/mol. The van der Waals surface area contributed by atoms with Gasteiger partial charge in [0.1, 0.15) is 0 Å². The molecule has 0 saturated heterocycles. The molecule has 1 unspecified atom stereocenters. The van der Waals surface area contributed by atoms with Crippen molar-refractivity contribution in [2.24, 2.45) is 0 Å². The molecule has 0 spiro atoms. The third kappa shape index (κ3) is 3.52. The molecule has 1 atom stereocenters. The van der Waals surface area contributed by atoms with E-state index in [1.54, 1.807) is 0 Å². The lowest BCUT2D eigenvalue weighted by Gasteiger charge is -2.16. The fourth-order valence-corrected chi connectivity index (χ4v) is 2.90. The van der Waals surface area contributed by atoms with E-state index in [1.165, 1.54) is 41.5 Å². The average molecular weight is 239 g/mol. The highest BCUT2D eigenvalue weighted by molar-refractivity contribution is 6.21. The first-order valence-corrected chi connectivity index (χ1v) is 6.71. The van der Waals surface area contributed by atoms with E-state index in [2.05, 4.69) is 39.8 Å². The summed E-state index contributed by atoms with van der Waals surface area (Å²) in [5.41, 5.74) is 5.36. The van der Waals surface area contributed by atoms with Gasteiger partial charge >= 0.3 is 0 Å². The first-order valence-electron chi connectivity index (χ1n) is 6.28. The van der Waals surface area contributed by atoms with Gasteiger partial charge in [0.15, 0.2) is 0 Å². The number of halogens is 1. The van der Waals surface area contributed by atoms with E-state index in [4.69, 9.17) is 11.6 Å². The minimum Gasteiger partial charge on any atom is -0.118 e. The smallest absolute Gasteiger partial charge is 0.0590 e. The lowest BCUT2D eigenvalue weighted by Crippen LogP contribution is -1.99. The molecule has 90 valence electrons. The fraction of sp³-hybridized carbons (Fsp3) is 0.600. The Morgan fingerprint density at radius 1 is 1.06 bits per heavy atom. The second kappa shape index (κ2) is 6.30. The quantitative estimate of drug-likeness (QED) is 0.471. The standard InChI is InChI=1S/C15H23Cl/c1-5-6-7-8-14(16)15-12(3)9-11(2)10-13(15)4/h9-10,14H,5-8H2,1-4H3. The number of unbranched alkanes of at least 4 members (excludes halogenated alkanes) is 2. The molecule has 0 aromatic heterocycles. The molecule has 0 bridgehead atoms. The summed E-state index contributed by atoms with van der Waals surface area (Å²) in [6, 6.07) is 4.47. The Hall–Kier alpha value is -0.490. The third-order valence-corrected chi connectivity index (χ3v) is 3.55. The molecule has 1 heteroatoms. The maximum Gasteiger partial charge on any atom is 0.0590 e. The zero-order valence-electron chi connectivity index (χ0n) is 10.9. The van der Waals surface area contributed by atoms with E-state index < -0.39 is 0 Å².